The molecule has 0 radical (unpaired) electrons. The molecule has 0 spiro atoms. The van der Waals surface area contributed by atoms with Gasteiger partial charge in [0.1, 0.15) is 0 Å². The molecule has 2 saturated heterocycles. The lowest BCUT2D eigenvalue weighted by Crippen LogP contribution is -2.43. The number of anilines is 3. The maximum atomic E-state index is 12.9. The van der Waals surface area contributed by atoms with Gasteiger partial charge in [0.2, 0.25) is 11.8 Å². The van der Waals surface area contributed by atoms with E-state index >= 15 is 0 Å². The molecule has 288 valence electrons. The fraction of sp³-hybridized carbons (Fsp3) is 0.372. The van der Waals surface area contributed by atoms with Crippen molar-refractivity contribution < 1.29 is 24.2 Å². The van der Waals surface area contributed by atoms with Crippen LogP contribution in [-0.2, 0) is 25.7 Å². The Kier molecular flexibility index (Phi) is 12.4. The van der Waals surface area contributed by atoms with Gasteiger partial charge in [-0.25, -0.2) is 4.79 Å². The second kappa shape index (κ2) is 17.9. The molecule has 3 atom stereocenters. The predicted octanol–water partition coefficient (Wildman–Crippen LogP) is 6.81. The molecule has 0 bridgehead atoms. The number of unbranched alkanes of at least 4 members (excludes halogenated alkanes) is 2. The molecule has 3 heterocycles. The molecule has 5 aromatic rings. The number of rotatable bonds is 14. The fourth-order valence-electron chi connectivity index (χ4n) is 7.68. The number of nitrogens with one attached hydrogen (secondary N) is 3. The first-order valence-electron chi connectivity index (χ1n) is 19.3. The maximum absolute atomic E-state index is 12.9. The van der Waals surface area contributed by atoms with E-state index < -0.39 is 6.29 Å². The Bertz CT molecular complexity index is 2120. The van der Waals surface area contributed by atoms with Gasteiger partial charge in [-0.15, -0.1) is 0 Å². The van der Waals surface area contributed by atoms with Gasteiger partial charge in [0.05, 0.1) is 41.2 Å². The Morgan fingerprint density at radius 1 is 0.818 bits per heavy atom. The number of aromatic nitrogens is 2. The molecule has 55 heavy (non-hydrogen) atoms. The van der Waals surface area contributed by atoms with Crippen LogP contribution in [0, 0.1) is 0 Å². The number of para-hydroxylation sites is 4. The van der Waals surface area contributed by atoms with Crippen LogP contribution in [0.4, 0.5) is 17.1 Å². The molecule has 2 amide bonds. The number of hydrogen-bond donors (Lipinski definition) is 5. The largest absolute Gasteiger partial charge is 0.397 e. The Hall–Kier alpha value is -5.27. The highest BCUT2D eigenvalue weighted by atomic mass is 16.7. The number of nitrogen functional groups attached to an aromatic ring is 1. The van der Waals surface area contributed by atoms with E-state index in [1.165, 1.54) is 0 Å². The molecule has 1 aromatic heterocycles. The number of amides is 2. The van der Waals surface area contributed by atoms with Gasteiger partial charge in [0, 0.05) is 56.2 Å². The number of likely N-dealkylation sites (tertiary alicyclic amines) is 1. The van der Waals surface area contributed by atoms with Crippen LogP contribution >= 0.6 is 0 Å². The molecular formula is C43H50N6O6. The van der Waals surface area contributed by atoms with Crippen LogP contribution in [0.25, 0.3) is 11.0 Å². The third-order valence-corrected chi connectivity index (χ3v) is 10.6. The summed E-state index contributed by atoms with van der Waals surface area (Å²) in [6, 6.07) is 30.6. The number of aromatic amines is 1. The third kappa shape index (κ3) is 9.70. The van der Waals surface area contributed by atoms with Crippen LogP contribution in [0.5, 0.6) is 0 Å². The lowest BCUT2D eigenvalue weighted by Gasteiger charge is -2.40. The number of nitrogens with zero attached hydrogens (tertiary/aromatic N) is 2. The highest BCUT2D eigenvalue weighted by Gasteiger charge is 2.34. The minimum atomic E-state index is -0.655. The summed E-state index contributed by atoms with van der Waals surface area (Å²) in [5.41, 5.74) is 12.1. The van der Waals surface area contributed by atoms with Crippen molar-refractivity contribution in [3.05, 3.63) is 124 Å². The van der Waals surface area contributed by atoms with Gasteiger partial charge in [0.15, 0.2) is 6.29 Å². The van der Waals surface area contributed by atoms with Crippen LogP contribution in [0.3, 0.4) is 0 Å². The first-order chi connectivity index (χ1) is 26.8. The highest BCUT2D eigenvalue weighted by molar-refractivity contribution is 5.93. The summed E-state index contributed by atoms with van der Waals surface area (Å²) in [4.78, 5) is 43.5. The van der Waals surface area contributed by atoms with Gasteiger partial charge in [-0.2, -0.15) is 0 Å². The minimum Gasteiger partial charge on any atom is -0.397 e. The van der Waals surface area contributed by atoms with E-state index in [1.807, 2.05) is 89.5 Å². The van der Waals surface area contributed by atoms with E-state index in [0.717, 1.165) is 66.6 Å². The van der Waals surface area contributed by atoms with E-state index in [1.54, 1.807) is 12.1 Å². The fourth-order valence-corrected chi connectivity index (χ4v) is 7.68. The van der Waals surface area contributed by atoms with E-state index in [9.17, 15) is 19.5 Å². The van der Waals surface area contributed by atoms with Gasteiger partial charge in [-0.3, -0.25) is 14.2 Å². The number of benzene rings is 4. The lowest BCUT2D eigenvalue weighted by atomic mass is 9.98. The molecule has 2 aliphatic rings. The summed E-state index contributed by atoms with van der Waals surface area (Å²) < 4.78 is 15.1. The Labute approximate surface area is 320 Å². The van der Waals surface area contributed by atoms with Crippen LogP contribution in [0.2, 0.25) is 0 Å². The zero-order chi connectivity index (χ0) is 38.1. The number of ether oxygens (including phenoxy) is 2. The molecule has 2 fully saturated rings. The number of fused-ring (bicyclic) bond motifs is 1. The number of carbonyl (C=O) groups is 2. The second-order valence-electron chi connectivity index (χ2n) is 14.6. The van der Waals surface area contributed by atoms with Crippen molar-refractivity contribution in [2.24, 2.45) is 0 Å². The standard InChI is InChI=1S/C43H50N6O6/c44-35-11-4-5-12-36(35)46-41(52)16-3-1-2-15-40(51)45-32-10-8-9-31(25-32)42-54-34(26-39(55-42)30-19-17-29(28-50)18-20-30)27-48-23-21-33(22-24-48)49-38-14-7-6-13-37(38)47-43(49)53/h4-14,17-20,25,33-34,39,42,50H,1-3,15-16,21-24,26-28,44H2,(H,45,51)(H,46,52)(H,47,53)/t34-,39+,42+/m1/s1. The zero-order valence-corrected chi connectivity index (χ0v) is 31.0. The van der Waals surface area contributed by atoms with E-state index in [0.29, 0.717) is 49.2 Å². The third-order valence-electron chi connectivity index (χ3n) is 10.6. The van der Waals surface area contributed by atoms with Gasteiger partial charge >= 0.3 is 5.69 Å². The Morgan fingerprint density at radius 3 is 2.31 bits per heavy atom. The number of carbonyl (C=O) groups excluding carboxylic acids is 2. The van der Waals surface area contributed by atoms with Crippen molar-refractivity contribution in [1.82, 2.24) is 14.5 Å². The number of aliphatic hydroxyl groups is 1. The molecular weight excluding hydrogens is 697 g/mol. The zero-order valence-electron chi connectivity index (χ0n) is 31.0. The van der Waals surface area contributed by atoms with Crippen molar-refractivity contribution in [2.75, 3.05) is 36.0 Å². The summed E-state index contributed by atoms with van der Waals surface area (Å²) in [6.07, 6.45) is 4.15. The number of H-pyrrole nitrogens is 1. The first kappa shape index (κ1) is 38.0. The normalized spacial score (nSPS) is 19.3. The summed E-state index contributed by atoms with van der Waals surface area (Å²) in [6.45, 7) is 2.38. The van der Waals surface area contributed by atoms with Crippen LogP contribution in [0.1, 0.15) is 86.5 Å². The average molecular weight is 747 g/mol. The van der Waals surface area contributed by atoms with Crippen molar-refractivity contribution >= 4 is 39.9 Å². The number of imidazole rings is 1. The molecule has 4 aromatic carbocycles. The van der Waals surface area contributed by atoms with Crippen molar-refractivity contribution in [2.45, 2.75) is 82.5 Å². The molecule has 0 saturated carbocycles. The van der Waals surface area contributed by atoms with Crippen molar-refractivity contribution in [3.8, 4) is 0 Å². The topological polar surface area (TPSA) is 164 Å². The van der Waals surface area contributed by atoms with Crippen molar-refractivity contribution in [1.29, 1.82) is 0 Å². The number of hydrogen-bond acceptors (Lipinski definition) is 8. The molecule has 0 unspecified atom stereocenters. The Morgan fingerprint density at radius 2 is 1.55 bits per heavy atom. The number of nitrogens with two attached hydrogens (primary N) is 1. The molecule has 0 aliphatic carbocycles. The summed E-state index contributed by atoms with van der Waals surface area (Å²) in [5.74, 6) is -0.191. The van der Waals surface area contributed by atoms with Crippen LogP contribution < -0.4 is 22.1 Å². The highest BCUT2D eigenvalue weighted by Crippen LogP contribution is 2.39. The van der Waals surface area contributed by atoms with Gasteiger partial charge in [0.25, 0.3) is 0 Å². The van der Waals surface area contributed by atoms with Crippen LogP contribution in [-0.4, -0.2) is 57.1 Å². The van der Waals surface area contributed by atoms with Gasteiger partial charge in [-0.05, 0) is 73.2 Å². The molecule has 12 nitrogen and oxygen atoms in total. The average Bonchev–Trinajstić information content (AvgIpc) is 3.54. The van der Waals surface area contributed by atoms with Gasteiger partial charge < -0.3 is 40.8 Å². The van der Waals surface area contributed by atoms with E-state index in [2.05, 4.69) is 20.5 Å². The van der Waals surface area contributed by atoms with E-state index in [4.69, 9.17) is 15.2 Å². The number of piperidine rings is 1. The monoisotopic (exact) mass is 746 g/mol. The van der Waals surface area contributed by atoms with Crippen LogP contribution in [0.15, 0.2) is 102 Å². The molecule has 7 rings (SSSR count). The summed E-state index contributed by atoms with van der Waals surface area (Å²) in [5, 5.41) is 15.5. The molecule has 12 heteroatoms. The lowest BCUT2D eigenvalue weighted by molar-refractivity contribution is -0.253. The smallest absolute Gasteiger partial charge is 0.326 e. The summed E-state index contributed by atoms with van der Waals surface area (Å²) >= 11 is 0. The van der Waals surface area contributed by atoms with E-state index in [-0.39, 0.29) is 42.4 Å². The first-order valence-corrected chi connectivity index (χ1v) is 19.3. The predicted molar refractivity (Wildman–Crippen MR) is 213 cm³/mol. The van der Waals surface area contributed by atoms with Gasteiger partial charge in [-0.1, -0.05) is 67.1 Å². The quantitative estimate of drug-likeness (QED) is 0.0611. The minimum absolute atomic E-state index is 0.0266. The number of aliphatic hydroxyl groups excluding tert-OH is 1. The van der Waals surface area contributed by atoms with Crippen molar-refractivity contribution in [3.63, 3.8) is 0 Å². The Balaban J connectivity index is 0.942. The second-order valence-corrected chi connectivity index (χ2v) is 14.6. The maximum Gasteiger partial charge on any atom is 0.326 e. The summed E-state index contributed by atoms with van der Waals surface area (Å²) in [7, 11) is 0. The molecule has 2 aliphatic heterocycles. The molecule has 6 N–H and O–H groups in total. The SMILES string of the molecule is Nc1ccccc1NC(=O)CCCCCC(=O)Nc1cccc([C@H]2O[C@@H](CN3CCC(n4c(=O)[nH]c5ccccc54)CC3)C[C@@H](c3ccc(CO)cc3)O2)c1.